The molecule has 31 heavy (non-hydrogen) atoms. The Bertz CT molecular complexity index is 883. The minimum absolute atomic E-state index is 0.263. The summed E-state index contributed by atoms with van der Waals surface area (Å²) in [6.45, 7) is 12.0. The summed E-state index contributed by atoms with van der Waals surface area (Å²) in [4.78, 5) is 22.0. The number of nitrogens with zero attached hydrogens (tertiary/aromatic N) is 4. The molecule has 2 saturated heterocycles. The van der Waals surface area contributed by atoms with Gasteiger partial charge in [0, 0.05) is 63.7 Å². The molecule has 2 aliphatic heterocycles. The highest BCUT2D eigenvalue weighted by atomic mass is 16.5. The van der Waals surface area contributed by atoms with Crippen molar-refractivity contribution in [2.45, 2.75) is 13.8 Å². The predicted octanol–water partition coefficient (Wildman–Crippen LogP) is 2.78. The summed E-state index contributed by atoms with van der Waals surface area (Å²) >= 11 is 0. The van der Waals surface area contributed by atoms with Crippen LogP contribution in [0.2, 0.25) is 0 Å². The molecule has 0 atom stereocenters. The number of aryl methyl sites for hydroxylation is 1. The lowest BCUT2D eigenvalue weighted by atomic mass is 10.1. The minimum atomic E-state index is 0.263. The molecule has 0 N–H and O–H groups in total. The molecule has 1 amide bonds. The van der Waals surface area contributed by atoms with E-state index in [0.29, 0.717) is 6.54 Å². The second-order valence-electron chi connectivity index (χ2n) is 8.55. The Morgan fingerprint density at radius 2 is 1.48 bits per heavy atom. The zero-order chi connectivity index (χ0) is 21.8. The molecule has 0 spiro atoms. The van der Waals surface area contributed by atoms with Crippen LogP contribution in [0.1, 0.15) is 11.1 Å². The Morgan fingerprint density at radius 3 is 2.13 bits per heavy atom. The maximum Gasteiger partial charge on any atom is 0.236 e. The minimum Gasteiger partial charge on any atom is -0.497 e. The van der Waals surface area contributed by atoms with E-state index in [1.165, 1.54) is 22.5 Å². The third kappa shape index (κ3) is 4.96. The Labute approximate surface area is 186 Å². The van der Waals surface area contributed by atoms with Gasteiger partial charge in [0.25, 0.3) is 0 Å². The predicted molar refractivity (Wildman–Crippen MR) is 126 cm³/mol. The van der Waals surface area contributed by atoms with Gasteiger partial charge in [0.05, 0.1) is 13.7 Å². The summed E-state index contributed by atoms with van der Waals surface area (Å²) in [7, 11) is 1.69. The topological polar surface area (TPSA) is 39.3 Å². The van der Waals surface area contributed by atoms with Crippen LogP contribution in [-0.2, 0) is 4.79 Å². The van der Waals surface area contributed by atoms with Gasteiger partial charge in [-0.3, -0.25) is 9.69 Å². The van der Waals surface area contributed by atoms with E-state index in [0.717, 1.165) is 58.1 Å². The highest BCUT2D eigenvalue weighted by Gasteiger charge is 2.25. The van der Waals surface area contributed by atoms with E-state index in [9.17, 15) is 4.79 Å². The van der Waals surface area contributed by atoms with Gasteiger partial charge >= 0.3 is 0 Å². The summed E-state index contributed by atoms with van der Waals surface area (Å²) in [5.74, 6) is 1.14. The average molecular weight is 423 g/mol. The molecule has 0 saturated carbocycles. The maximum absolute atomic E-state index is 12.9. The van der Waals surface area contributed by atoms with Crippen LogP contribution in [0, 0.1) is 13.8 Å². The van der Waals surface area contributed by atoms with Crippen LogP contribution in [0.25, 0.3) is 0 Å². The summed E-state index contributed by atoms with van der Waals surface area (Å²) in [6.07, 6.45) is 0. The molecular weight excluding hydrogens is 388 g/mol. The van der Waals surface area contributed by atoms with Crippen molar-refractivity contribution in [3.63, 3.8) is 0 Å². The van der Waals surface area contributed by atoms with Crippen molar-refractivity contribution in [1.29, 1.82) is 0 Å². The molecule has 0 aromatic heterocycles. The van der Waals surface area contributed by atoms with Crippen LogP contribution < -0.4 is 14.5 Å². The van der Waals surface area contributed by atoms with Gasteiger partial charge in [-0.2, -0.15) is 0 Å². The fraction of sp³-hybridized carbons (Fsp3) is 0.480. The molecule has 166 valence electrons. The van der Waals surface area contributed by atoms with Crippen molar-refractivity contribution in [2.24, 2.45) is 0 Å². The number of carbonyl (C=O) groups is 1. The number of hydrogen-bond acceptors (Lipinski definition) is 5. The smallest absolute Gasteiger partial charge is 0.236 e. The lowest BCUT2D eigenvalue weighted by Crippen LogP contribution is -2.54. The third-order valence-corrected chi connectivity index (χ3v) is 6.72. The number of rotatable bonds is 5. The molecule has 0 unspecified atom stereocenters. The van der Waals surface area contributed by atoms with Crippen molar-refractivity contribution >= 4 is 17.3 Å². The summed E-state index contributed by atoms with van der Waals surface area (Å²) in [5.41, 5.74) is 5.19. The molecule has 2 aliphatic rings. The lowest BCUT2D eigenvalue weighted by molar-refractivity contribution is -0.132. The van der Waals surface area contributed by atoms with Crippen molar-refractivity contribution in [1.82, 2.24) is 9.80 Å². The molecule has 0 aliphatic carbocycles. The summed E-state index contributed by atoms with van der Waals surface area (Å²) in [5, 5.41) is 0. The third-order valence-electron chi connectivity index (χ3n) is 6.72. The van der Waals surface area contributed by atoms with Crippen molar-refractivity contribution in [3.05, 3.63) is 53.6 Å². The fourth-order valence-corrected chi connectivity index (χ4v) is 4.52. The van der Waals surface area contributed by atoms with E-state index in [1.54, 1.807) is 7.11 Å². The Morgan fingerprint density at radius 1 is 0.839 bits per heavy atom. The number of methoxy groups -OCH3 is 1. The van der Waals surface area contributed by atoms with Gasteiger partial charge in [0.1, 0.15) is 5.75 Å². The van der Waals surface area contributed by atoms with Gasteiger partial charge in [-0.05, 0) is 55.3 Å². The van der Waals surface area contributed by atoms with Gasteiger partial charge < -0.3 is 19.4 Å². The van der Waals surface area contributed by atoms with E-state index >= 15 is 0 Å². The summed E-state index contributed by atoms with van der Waals surface area (Å²) < 4.78 is 5.25. The van der Waals surface area contributed by atoms with Gasteiger partial charge in [-0.15, -0.1) is 0 Å². The number of benzene rings is 2. The molecule has 6 nitrogen and oxygen atoms in total. The zero-order valence-corrected chi connectivity index (χ0v) is 19.0. The zero-order valence-electron chi connectivity index (χ0n) is 19.0. The van der Waals surface area contributed by atoms with Crippen molar-refractivity contribution < 1.29 is 9.53 Å². The highest BCUT2D eigenvalue weighted by molar-refractivity contribution is 5.78. The fourth-order valence-electron chi connectivity index (χ4n) is 4.52. The first kappa shape index (κ1) is 21.5. The van der Waals surface area contributed by atoms with E-state index in [1.807, 2.05) is 17.0 Å². The molecular formula is C25H34N4O2. The summed E-state index contributed by atoms with van der Waals surface area (Å²) in [6, 6.07) is 14.7. The van der Waals surface area contributed by atoms with Gasteiger partial charge in [0.15, 0.2) is 0 Å². The monoisotopic (exact) mass is 422 g/mol. The number of ether oxygens (including phenoxy) is 1. The van der Waals surface area contributed by atoms with Crippen LogP contribution >= 0.6 is 0 Å². The second kappa shape index (κ2) is 9.60. The van der Waals surface area contributed by atoms with Crippen LogP contribution in [-0.4, -0.2) is 81.7 Å². The largest absolute Gasteiger partial charge is 0.497 e. The number of piperazine rings is 2. The van der Waals surface area contributed by atoms with Crippen molar-refractivity contribution in [3.8, 4) is 5.75 Å². The molecule has 0 radical (unpaired) electrons. The number of amides is 1. The first-order chi connectivity index (χ1) is 15.0. The Balaban J connectivity index is 1.24. The van der Waals surface area contributed by atoms with E-state index in [4.69, 9.17) is 4.74 Å². The van der Waals surface area contributed by atoms with Gasteiger partial charge in [-0.1, -0.05) is 12.1 Å². The van der Waals surface area contributed by atoms with E-state index in [-0.39, 0.29) is 5.91 Å². The number of anilines is 2. The normalized spacial score (nSPS) is 17.7. The molecule has 4 rings (SSSR count). The second-order valence-corrected chi connectivity index (χ2v) is 8.55. The molecule has 6 heteroatoms. The van der Waals surface area contributed by atoms with Gasteiger partial charge in [0.2, 0.25) is 5.91 Å². The molecule has 0 bridgehead atoms. The number of hydrogen-bond donors (Lipinski definition) is 0. The molecule has 2 aromatic rings. The quantitative estimate of drug-likeness (QED) is 0.741. The van der Waals surface area contributed by atoms with Crippen LogP contribution in [0.4, 0.5) is 11.4 Å². The van der Waals surface area contributed by atoms with Crippen LogP contribution in [0.3, 0.4) is 0 Å². The van der Waals surface area contributed by atoms with Crippen molar-refractivity contribution in [2.75, 3.05) is 75.8 Å². The molecule has 2 heterocycles. The Kier molecular flexibility index (Phi) is 6.66. The van der Waals surface area contributed by atoms with E-state index in [2.05, 4.69) is 58.9 Å². The number of carbonyl (C=O) groups excluding carboxylic acids is 1. The first-order valence-electron chi connectivity index (χ1n) is 11.3. The SMILES string of the molecule is COc1ccc(N2CCN(CC(=O)N3CCN(c4cccc(C)c4C)CC3)CC2)cc1. The van der Waals surface area contributed by atoms with Crippen LogP contribution in [0.5, 0.6) is 5.75 Å². The Hall–Kier alpha value is -2.73. The average Bonchev–Trinajstić information content (AvgIpc) is 2.81. The standard InChI is InChI=1S/C25H34N4O2/c1-20-5-4-6-24(21(20)2)28-15-17-29(18-16-28)25(30)19-26-11-13-27(14-12-26)22-7-9-23(31-3)10-8-22/h4-10H,11-19H2,1-3H3. The first-order valence-corrected chi connectivity index (χ1v) is 11.3. The lowest BCUT2D eigenvalue weighted by Gasteiger charge is -2.39. The van der Waals surface area contributed by atoms with E-state index < -0.39 is 0 Å². The molecule has 2 aromatic carbocycles. The molecule has 2 fully saturated rings. The highest BCUT2D eigenvalue weighted by Crippen LogP contribution is 2.24. The maximum atomic E-state index is 12.9. The van der Waals surface area contributed by atoms with Gasteiger partial charge in [-0.25, -0.2) is 0 Å². The van der Waals surface area contributed by atoms with Crippen LogP contribution in [0.15, 0.2) is 42.5 Å².